The molecular formula is C38H42ClN7O6S. The van der Waals surface area contributed by atoms with Crippen LogP contribution in [0.1, 0.15) is 51.8 Å². The smallest absolute Gasteiger partial charge is 0.323 e. The van der Waals surface area contributed by atoms with E-state index in [-0.39, 0.29) is 42.1 Å². The lowest BCUT2D eigenvalue weighted by Crippen LogP contribution is -2.41. The number of aromatic nitrogens is 2. The Hall–Kier alpha value is -5.12. The number of ether oxygens (including phenoxy) is 3. The molecule has 0 aliphatic rings. The van der Waals surface area contributed by atoms with Gasteiger partial charge in [0.05, 0.1) is 17.8 Å². The van der Waals surface area contributed by atoms with E-state index >= 15 is 0 Å². The second-order valence-corrected chi connectivity index (χ2v) is 14.5. The molecule has 0 amide bonds. The van der Waals surface area contributed by atoms with Crippen LogP contribution >= 0.6 is 23.4 Å². The number of hydrogen-bond donors (Lipinski definition) is 3. The highest BCUT2D eigenvalue weighted by Gasteiger charge is 2.26. The highest BCUT2D eigenvalue weighted by molar-refractivity contribution is 7.98. The van der Waals surface area contributed by atoms with Crippen LogP contribution in [0, 0.1) is 29.7 Å². The van der Waals surface area contributed by atoms with Crippen molar-refractivity contribution in [2.75, 3.05) is 18.9 Å². The summed E-state index contributed by atoms with van der Waals surface area (Å²) in [6.07, 6.45) is 1.40. The number of nitrogens with zero attached hydrogens (tertiary/aromatic N) is 4. The van der Waals surface area contributed by atoms with Gasteiger partial charge in [-0.1, -0.05) is 63.2 Å². The van der Waals surface area contributed by atoms with Gasteiger partial charge in [0.2, 0.25) is 11.6 Å². The number of oxazole rings is 1. The zero-order valence-corrected chi connectivity index (χ0v) is 31.4. The topological polar surface area (TPSA) is 207 Å². The zero-order valence-electron chi connectivity index (χ0n) is 29.9. The van der Waals surface area contributed by atoms with Gasteiger partial charge in [-0.3, -0.25) is 9.59 Å². The lowest BCUT2D eigenvalue weighted by atomic mass is 10.00. The van der Waals surface area contributed by atoms with E-state index in [9.17, 15) is 14.9 Å². The summed E-state index contributed by atoms with van der Waals surface area (Å²) < 4.78 is 22.6. The predicted octanol–water partition coefficient (Wildman–Crippen LogP) is 6.93. The van der Waals surface area contributed by atoms with E-state index in [4.69, 9.17) is 54.0 Å². The van der Waals surface area contributed by atoms with Gasteiger partial charge in [0.15, 0.2) is 6.10 Å². The molecule has 15 heteroatoms. The molecular weight excluding hydrogens is 718 g/mol. The molecule has 0 aliphatic heterocycles. The molecule has 0 saturated heterocycles. The van der Waals surface area contributed by atoms with E-state index < -0.39 is 30.1 Å². The molecule has 53 heavy (non-hydrogen) atoms. The minimum absolute atomic E-state index is 0.0261. The number of halogens is 1. The molecule has 0 spiro atoms. The van der Waals surface area contributed by atoms with E-state index in [0.717, 1.165) is 5.56 Å². The van der Waals surface area contributed by atoms with Crippen LogP contribution < -0.4 is 21.9 Å². The van der Waals surface area contributed by atoms with Gasteiger partial charge in [0, 0.05) is 21.9 Å². The van der Waals surface area contributed by atoms with Gasteiger partial charge in [-0.25, -0.2) is 14.8 Å². The van der Waals surface area contributed by atoms with Gasteiger partial charge in [0.1, 0.15) is 54.2 Å². The van der Waals surface area contributed by atoms with Crippen molar-refractivity contribution >= 4 is 46.8 Å². The average molecular weight is 760 g/mol. The van der Waals surface area contributed by atoms with Crippen molar-refractivity contribution in [3.8, 4) is 34.4 Å². The Kier molecular flexibility index (Phi) is 14.6. The monoisotopic (exact) mass is 759 g/mol. The molecule has 0 aliphatic carbocycles. The van der Waals surface area contributed by atoms with Crippen molar-refractivity contribution in [1.29, 1.82) is 5.26 Å². The lowest BCUT2D eigenvalue weighted by molar-refractivity contribution is -0.162. The van der Waals surface area contributed by atoms with Gasteiger partial charge in [0.25, 0.3) is 0 Å². The zero-order chi connectivity index (χ0) is 38.7. The Labute approximate surface area is 318 Å². The Morgan fingerprint density at radius 3 is 2.19 bits per heavy atom. The summed E-state index contributed by atoms with van der Waals surface area (Å²) in [5.74, 6) is 0.179. The van der Waals surface area contributed by atoms with Crippen molar-refractivity contribution in [3.05, 3.63) is 82.5 Å². The number of nitrogens with two attached hydrogens (primary N) is 3. The normalized spacial score (nSPS) is 12.8. The number of nitrogen functional groups attached to an aromatic ring is 1. The Morgan fingerprint density at radius 1 is 0.962 bits per heavy atom. The maximum absolute atomic E-state index is 12.8. The maximum Gasteiger partial charge on any atom is 0.323 e. The third kappa shape index (κ3) is 11.4. The molecule has 2 aromatic carbocycles. The molecule has 3 atom stereocenters. The number of thioether (sulfide) groups is 1. The van der Waals surface area contributed by atoms with Crippen LogP contribution in [0.4, 0.5) is 11.5 Å². The van der Waals surface area contributed by atoms with E-state index in [1.54, 1.807) is 48.5 Å². The molecule has 2 aromatic heterocycles. The van der Waals surface area contributed by atoms with Crippen LogP contribution in [0.25, 0.3) is 27.4 Å². The molecule has 13 nitrogen and oxygen atoms in total. The first-order valence-electron chi connectivity index (χ1n) is 16.8. The Bertz CT molecular complexity index is 1960. The van der Waals surface area contributed by atoms with Crippen LogP contribution in [0.15, 0.2) is 64.2 Å². The van der Waals surface area contributed by atoms with Gasteiger partial charge in [-0.15, -0.1) is 0 Å². The summed E-state index contributed by atoms with van der Waals surface area (Å²) >= 11 is 7.22. The largest absolute Gasteiger partial charge is 0.490 e. The van der Waals surface area contributed by atoms with Gasteiger partial charge < -0.3 is 35.8 Å². The predicted molar refractivity (Wildman–Crippen MR) is 203 cm³/mol. The number of pyridine rings is 1. The molecule has 0 bridgehead atoms. The van der Waals surface area contributed by atoms with Crippen molar-refractivity contribution in [1.82, 2.24) is 9.97 Å². The number of rotatable bonds is 17. The van der Waals surface area contributed by atoms with Crippen LogP contribution in [0.3, 0.4) is 0 Å². The number of carbonyl (C=O) groups excluding carboxylic acids is 2. The third-order valence-electron chi connectivity index (χ3n) is 7.72. The van der Waals surface area contributed by atoms with Crippen molar-refractivity contribution in [2.24, 2.45) is 23.3 Å². The number of esters is 2. The van der Waals surface area contributed by atoms with E-state index in [0.29, 0.717) is 57.1 Å². The van der Waals surface area contributed by atoms with E-state index in [1.807, 2.05) is 27.7 Å². The molecule has 0 unspecified atom stereocenters. The van der Waals surface area contributed by atoms with E-state index in [2.05, 4.69) is 20.9 Å². The number of carbonyl (C=O) groups is 2. The fourth-order valence-corrected chi connectivity index (χ4v) is 6.18. The van der Waals surface area contributed by atoms with Gasteiger partial charge >= 0.3 is 11.9 Å². The summed E-state index contributed by atoms with van der Waals surface area (Å²) in [6, 6.07) is 14.2. The van der Waals surface area contributed by atoms with Crippen molar-refractivity contribution in [2.45, 2.75) is 69.5 Å². The summed E-state index contributed by atoms with van der Waals surface area (Å²) in [4.78, 5) is 37.7. The number of benzene rings is 2. The van der Waals surface area contributed by atoms with Crippen molar-refractivity contribution < 1.29 is 28.2 Å². The van der Waals surface area contributed by atoms with Gasteiger partial charge in [-0.2, -0.15) is 5.26 Å². The fourth-order valence-electron chi connectivity index (χ4n) is 5.18. The number of nitriles is 1. The fraction of sp³-hybridized carbons (Fsp3) is 0.368. The van der Waals surface area contributed by atoms with Crippen molar-refractivity contribution in [3.63, 3.8) is 0 Å². The standard InChI is InChI=1S/C38H42ClN7O6S/c1-21(2)14-30(41)37(47)51-19-28(52-38(48)31(42)15-22(3)4)18-49-27-12-8-23(9-13-27)32-29(16-40)36(46-34(43)33(32)44-5)53-20-26-17-50-35(45-26)24-6-10-25(39)11-7-24/h6-13,17,21-22,28,30-31H,14-15,18-20,41-42H2,1-4H3,(H2,43,46)/t28-,30-,31-/m0/s1. The molecule has 4 rings (SSSR count). The van der Waals surface area contributed by atoms with Crippen LogP contribution in [0.5, 0.6) is 5.75 Å². The first-order chi connectivity index (χ1) is 25.3. The minimum Gasteiger partial charge on any atom is -0.490 e. The second-order valence-electron chi connectivity index (χ2n) is 13.1. The summed E-state index contributed by atoms with van der Waals surface area (Å²) in [7, 11) is 0. The van der Waals surface area contributed by atoms with Crippen LogP contribution in [0.2, 0.25) is 5.02 Å². The summed E-state index contributed by atoms with van der Waals surface area (Å²) in [5, 5.41) is 11.2. The summed E-state index contributed by atoms with van der Waals surface area (Å²) in [5.41, 5.74) is 20.7. The number of hydrogen-bond acceptors (Lipinski definition) is 13. The lowest BCUT2D eigenvalue weighted by Gasteiger charge is -2.22. The highest BCUT2D eigenvalue weighted by Crippen LogP contribution is 2.42. The Balaban J connectivity index is 1.50. The van der Waals surface area contributed by atoms with Gasteiger partial charge in [-0.05, 0) is 66.6 Å². The molecule has 0 fully saturated rings. The molecule has 6 N–H and O–H groups in total. The molecule has 2 heterocycles. The minimum atomic E-state index is -0.971. The SMILES string of the molecule is [C-]#[N+]c1c(N)nc(SCc2coc(-c3ccc(Cl)cc3)n2)c(C#N)c1-c1ccc(OC[C@@H](COC(=O)[C@@H](N)CC(C)C)OC(=O)[C@@H](N)CC(C)C)cc1. The highest BCUT2D eigenvalue weighted by atomic mass is 35.5. The van der Waals surface area contributed by atoms with Crippen LogP contribution in [-0.4, -0.2) is 53.3 Å². The van der Waals surface area contributed by atoms with Crippen LogP contribution in [-0.2, 0) is 24.8 Å². The molecule has 0 saturated carbocycles. The number of anilines is 1. The Morgan fingerprint density at radius 2 is 1.58 bits per heavy atom. The molecule has 278 valence electrons. The third-order valence-corrected chi connectivity index (χ3v) is 8.98. The maximum atomic E-state index is 12.8. The molecule has 4 aromatic rings. The van der Waals surface area contributed by atoms with E-state index in [1.165, 1.54) is 18.0 Å². The quantitative estimate of drug-likeness (QED) is 0.0567. The second kappa shape index (κ2) is 19.1. The first-order valence-corrected chi connectivity index (χ1v) is 18.2. The average Bonchev–Trinajstić information content (AvgIpc) is 3.60. The molecule has 0 radical (unpaired) electrons. The summed E-state index contributed by atoms with van der Waals surface area (Å²) in [6.45, 7) is 15.1. The first kappa shape index (κ1) is 40.6.